The third kappa shape index (κ3) is 3.79. The molecule has 2 aliphatic heterocycles. The molecule has 1 aromatic heterocycles. The zero-order chi connectivity index (χ0) is 17.1. The number of aliphatic hydroxyl groups excluding tert-OH is 1. The molecule has 24 heavy (non-hydrogen) atoms. The average Bonchev–Trinajstić information content (AvgIpc) is 3.05. The quantitative estimate of drug-likeness (QED) is 0.859. The summed E-state index contributed by atoms with van der Waals surface area (Å²) in [6.45, 7) is 5.89. The van der Waals surface area contributed by atoms with Crippen LogP contribution in [-0.2, 0) is 4.79 Å². The number of hydrogen-bond acceptors (Lipinski definition) is 5. The summed E-state index contributed by atoms with van der Waals surface area (Å²) in [6.07, 6.45) is 0.957. The average molecular weight is 351 g/mol. The van der Waals surface area contributed by atoms with E-state index in [9.17, 15) is 14.7 Å². The SMILES string of the molecule is CC(=O)N1CCN([C@H]2CCN(C(=O)c3ccsc3)CC[C@@H]2O)CC1. The summed E-state index contributed by atoms with van der Waals surface area (Å²) in [7, 11) is 0. The number of carbonyl (C=O) groups excluding carboxylic acids is 2. The molecular formula is C17H25N3O3S. The Morgan fingerprint density at radius 2 is 1.79 bits per heavy atom. The van der Waals surface area contributed by atoms with E-state index in [4.69, 9.17) is 0 Å². The Morgan fingerprint density at radius 1 is 1.08 bits per heavy atom. The number of rotatable bonds is 2. The molecule has 0 unspecified atom stereocenters. The van der Waals surface area contributed by atoms with Crippen LogP contribution in [0.1, 0.15) is 30.1 Å². The molecule has 2 fully saturated rings. The molecule has 3 rings (SSSR count). The van der Waals surface area contributed by atoms with E-state index < -0.39 is 6.10 Å². The van der Waals surface area contributed by atoms with Gasteiger partial charge in [0, 0.05) is 57.6 Å². The van der Waals surface area contributed by atoms with E-state index in [1.807, 2.05) is 26.6 Å². The van der Waals surface area contributed by atoms with E-state index in [1.165, 1.54) is 11.3 Å². The zero-order valence-corrected chi connectivity index (χ0v) is 14.9. The van der Waals surface area contributed by atoms with Gasteiger partial charge < -0.3 is 14.9 Å². The molecule has 2 aliphatic rings. The first-order valence-electron chi connectivity index (χ1n) is 8.55. The highest BCUT2D eigenvalue weighted by Crippen LogP contribution is 2.21. The smallest absolute Gasteiger partial charge is 0.254 e. The zero-order valence-electron chi connectivity index (χ0n) is 14.1. The summed E-state index contributed by atoms with van der Waals surface area (Å²) in [6, 6.07) is 1.92. The second-order valence-corrected chi connectivity index (χ2v) is 7.34. The maximum atomic E-state index is 12.5. The molecule has 6 nitrogen and oxygen atoms in total. The maximum absolute atomic E-state index is 12.5. The minimum atomic E-state index is -0.422. The van der Waals surface area contributed by atoms with Crippen LogP contribution in [-0.4, -0.2) is 83.0 Å². The topological polar surface area (TPSA) is 64.1 Å². The molecule has 2 atom stereocenters. The largest absolute Gasteiger partial charge is 0.391 e. The lowest BCUT2D eigenvalue weighted by atomic mass is 10.0. The Bertz CT molecular complexity index is 570. The van der Waals surface area contributed by atoms with Crippen molar-refractivity contribution in [3.8, 4) is 0 Å². The number of likely N-dealkylation sites (tertiary alicyclic amines) is 1. The summed E-state index contributed by atoms with van der Waals surface area (Å²) in [5.41, 5.74) is 0.739. The predicted molar refractivity (Wildman–Crippen MR) is 93.1 cm³/mol. The molecule has 0 saturated carbocycles. The van der Waals surface area contributed by atoms with Crippen molar-refractivity contribution in [2.45, 2.75) is 31.9 Å². The number of piperazine rings is 1. The highest BCUT2D eigenvalue weighted by molar-refractivity contribution is 7.08. The lowest BCUT2D eigenvalue weighted by Gasteiger charge is -2.40. The molecule has 0 aromatic carbocycles. The van der Waals surface area contributed by atoms with E-state index in [0.717, 1.165) is 38.2 Å². The highest BCUT2D eigenvalue weighted by Gasteiger charge is 2.33. The van der Waals surface area contributed by atoms with Crippen LogP contribution < -0.4 is 0 Å². The Labute approximate surface area is 146 Å². The molecule has 3 heterocycles. The number of amides is 2. The molecule has 132 valence electrons. The molecule has 1 N–H and O–H groups in total. The summed E-state index contributed by atoms with van der Waals surface area (Å²) < 4.78 is 0. The summed E-state index contributed by atoms with van der Waals surface area (Å²) in [5.74, 6) is 0.175. The second-order valence-electron chi connectivity index (χ2n) is 6.56. The molecule has 0 radical (unpaired) electrons. The van der Waals surface area contributed by atoms with Crippen molar-refractivity contribution in [3.63, 3.8) is 0 Å². The number of thiophene rings is 1. The lowest BCUT2D eigenvalue weighted by molar-refractivity contribution is -0.131. The predicted octanol–water partition coefficient (Wildman–Crippen LogP) is 0.878. The van der Waals surface area contributed by atoms with Gasteiger partial charge in [0.05, 0.1) is 11.7 Å². The van der Waals surface area contributed by atoms with Gasteiger partial charge in [0.2, 0.25) is 5.91 Å². The van der Waals surface area contributed by atoms with Crippen molar-refractivity contribution in [1.29, 1.82) is 0 Å². The standard InChI is InChI=1S/C17H25N3O3S/c1-13(21)18-7-9-19(10-8-18)15-2-5-20(6-3-16(15)22)17(23)14-4-11-24-12-14/h4,11-12,15-16,22H,2-3,5-10H2,1H3/t15-,16-/m0/s1. The fraction of sp³-hybridized carbons (Fsp3) is 0.647. The minimum Gasteiger partial charge on any atom is -0.391 e. The van der Waals surface area contributed by atoms with Gasteiger partial charge in [-0.25, -0.2) is 0 Å². The fourth-order valence-corrected chi connectivity index (χ4v) is 4.27. The molecule has 0 aliphatic carbocycles. The fourth-order valence-electron chi connectivity index (χ4n) is 3.64. The van der Waals surface area contributed by atoms with Crippen molar-refractivity contribution in [2.24, 2.45) is 0 Å². The third-order valence-electron chi connectivity index (χ3n) is 5.12. The lowest BCUT2D eigenvalue weighted by Crippen LogP contribution is -2.54. The highest BCUT2D eigenvalue weighted by atomic mass is 32.1. The van der Waals surface area contributed by atoms with Crippen molar-refractivity contribution < 1.29 is 14.7 Å². The number of carbonyl (C=O) groups is 2. The summed E-state index contributed by atoms with van der Waals surface area (Å²) in [5, 5.41) is 14.3. The van der Waals surface area contributed by atoms with E-state index in [2.05, 4.69) is 4.90 Å². The Kier molecular flexibility index (Phi) is 5.53. The van der Waals surface area contributed by atoms with E-state index in [-0.39, 0.29) is 17.9 Å². The van der Waals surface area contributed by atoms with Crippen molar-refractivity contribution in [1.82, 2.24) is 14.7 Å². The van der Waals surface area contributed by atoms with Crippen LogP contribution in [0.3, 0.4) is 0 Å². The number of nitrogens with zero attached hydrogens (tertiary/aromatic N) is 3. The van der Waals surface area contributed by atoms with Gasteiger partial charge in [-0.05, 0) is 24.3 Å². The van der Waals surface area contributed by atoms with Gasteiger partial charge in [0.25, 0.3) is 5.91 Å². The first-order chi connectivity index (χ1) is 11.6. The van der Waals surface area contributed by atoms with Gasteiger partial charge in [0.1, 0.15) is 0 Å². The molecule has 7 heteroatoms. The van der Waals surface area contributed by atoms with Crippen LogP contribution in [0, 0.1) is 0 Å². The first kappa shape index (κ1) is 17.4. The minimum absolute atomic E-state index is 0.0606. The van der Waals surface area contributed by atoms with Gasteiger partial charge in [0.15, 0.2) is 0 Å². The number of hydrogen-bond donors (Lipinski definition) is 1. The van der Waals surface area contributed by atoms with Crippen LogP contribution in [0.5, 0.6) is 0 Å². The van der Waals surface area contributed by atoms with Crippen molar-refractivity contribution in [2.75, 3.05) is 39.3 Å². The molecule has 0 bridgehead atoms. The molecule has 1 aromatic rings. The van der Waals surface area contributed by atoms with Gasteiger partial charge in [-0.15, -0.1) is 0 Å². The Morgan fingerprint density at radius 3 is 2.42 bits per heavy atom. The van der Waals surface area contributed by atoms with Gasteiger partial charge >= 0.3 is 0 Å². The molecule has 2 amide bonds. The number of aliphatic hydroxyl groups is 1. The molecule has 0 spiro atoms. The van der Waals surface area contributed by atoms with Crippen molar-refractivity contribution in [3.05, 3.63) is 22.4 Å². The molecular weight excluding hydrogens is 326 g/mol. The first-order valence-corrected chi connectivity index (χ1v) is 9.49. The third-order valence-corrected chi connectivity index (χ3v) is 5.80. The van der Waals surface area contributed by atoms with E-state index >= 15 is 0 Å². The van der Waals surface area contributed by atoms with Gasteiger partial charge in [-0.3, -0.25) is 14.5 Å². The van der Waals surface area contributed by atoms with Crippen molar-refractivity contribution >= 4 is 23.2 Å². The summed E-state index contributed by atoms with van der Waals surface area (Å²) in [4.78, 5) is 30.0. The van der Waals surface area contributed by atoms with E-state index in [0.29, 0.717) is 19.5 Å². The van der Waals surface area contributed by atoms with Crippen LogP contribution in [0.25, 0.3) is 0 Å². The Balaban J connectivity index is 1.59. The maximum Gasteiger partial charge on any atom is 0.254 e. The van der Waals surface area contributed by atoms with Gasteiger partial charge in [-0.1, -0.05) is 0 Å². The Hall–Kier alpha value is -1.44. The van der Waals surface area contributed by atoms with E-state index in [1.54, 1.807) is 6.92 Å². The monoisotopic (exact) mass is 351 g/mol. The van der Waals surface area contributed by atoms with Gasteiger partial charge in [-0.2, -0.15) is 11.3 Å². The summed E-state index contributed by atoms with van der Waals surface area (Å²) >= 11 is 1.53. The second kappa shape index (κ2) is 7.63. The molecule has 2 saturated heterocycles. The van der Waals surface area contributed by atoms with Crippen LogP contribution in [0.15, 0.2) is 16.8 Å². The van der Waals surface area contributed by atoms with Crippen LogP contribution >= 0.6 is 11.3 Å². The van der Waals surface area contributed by atoms with Crippen LogP contribution in [0.2, 0.25) is 0 Å². The normalized spacial score (nSPS) is 26.2. The van der Waals surface area contributed by atoms with Crippen LogP contribution in [0.4, 0.5) is 0 Å².